The molecule has 0 aromatic heterocycles. The van der Waals surface area contributed by atoms with Crippen LogP contribution in [0.25, 0.3) is 0 Å². The second-order valence-electron chi connectivity index (χ2n) is 5.55. The summed E-state index contributed by atoms with van der Waals surface area (Å²) >= 11 is 0. The van der Waals surface area contributed by atoms with Crippen LogP contribution in [0.5, 0.6) is 0 Å². The summed E-state index contributed by atoms with van der Waals surface area (Å²) in [4.78, 5) is 27.4. The first kappa shape index (κ1) is 14.9. The largest absolute Gasteiger partial charge is 0.379 e. The Balaban J connectivity index is 2.12. The Morgan fingerprint density at radius 3 is 2.70 bits per heavy atom. The highest BCUT2D eigenvalue weighted by molar-refractivity contribution is 5.87. The fraction of sp³-hybridized carbons (Fsp3) is 0.500. The highest BCUT2D eigenvalue weighted by Crippen LogP contribution is 2.16. The van der Waals surface area contributed by atoms with Gasteiger partial charge in [-0.1, -0.05) is 35.2 Å². The van der Waals surface area contributed by atoms with Crippen molar-refractivity contribution in [2.24, 2.45) is 0 Å². The molecule has 1 radical (unpaired) electrons. The Hall–Kier alpha value is -1.52. The van der Waals surface area contributed by atoms with Gasteiger partial charge in [0.05, 0.1) is 0 Å². The van der Waals surface area contributed by atoms with E-state index in [4.69, 9.17) is 0 Å². The van der Waals surface area contributed by atoms with Gasteiger partial charge in [0.15, 0.2) is 12.3 Å². The smallest absolute Gasteiger partial charge is 0.296 e. The fourth-order valence-electron chi connectivity index (χ4n) is 2.73. The van der Waals surface area contributed by atoms with Gasteiger partial charge in [-0.3, -0.25) is 9.69 Å². The topological polar surface area (TPSA) is 43.3 Å². The van der Waals surface area contributed by atoms with E-state index in [1.54, 1.807) is 4.90 Å². The molecular weight excluding hydrogens is 252 g/mol. The van der Waals surface area contributed by atoms with Crippen molar-refractivity contribution in [3.8, 4) is 0 Å². The van der Waals surface area contributed by atoms with Crippen molar-refractivity contribution in [2.45, 2.75) is 31.3 Å². The summed E-state index contributed by atoms with van der Waals surface area (Å²) in [5.41, 5.74) is 1.14. The quantitative estimate of drug-likeness (QED) is 0.598. The zero-order valence-corrected chi connectivity index (χ0v) is 12.2. The summed E-state index contributed by atoms with van der Waals surface area (Å²) in [5.74, 6) is 0.0634. The molecule has 1 aromatic rings. The lowest BCUT2D eigenvalue weighted by Gasteiger charge is -2.22. The standard InChI is InChI=1S/C16H22N2O2/c1-17(2)15(11-13-7-4-3-5-8-13)16(20)18-10-6-9-14(18)12-19/h3-5,7-8,12,14-15H,6,9-11H2,1-2H3/q+1/t14-,15+/m0/s1. The molecule has 1 aliphatic heterocycles. The summed E-state index contributed by atoms with van der Waals surface area (Å²) in [6.07, 6.45) is 3.29. The van der Waals surface area contributed by atoms with E-state index in [0.29, 0.717) is 13.0 Å². The van der Waals surface area contributed by atoms with E-state index in [0.717, 1.165) is 24.7 Å². The highest BCUT2D eigenvalue weighted by Gasteiger charge is 2.44. The lowest BCUT2D eigenvalue weighted by Crippen LogP contribution is -2.52. The summed E-state index contributed by atoms with van der Waals surface area (Å²) in [6.45, 7) is 0.696. The summed E-state index contributed by atoms with van der Waals surface area (Å²) in [7, 11) is 3.83. The van der Waals surface area contributed by atoms with Gasteiger partial charge in [0.2, 0.25) is 0 Å². The number of hydrogen-bond donors (Lipinski definition) is 0. The normalized spacial score (nSPS) is 21.1. The molecule has 1 amide bonds. The number of hydrogen-bond acceptors (Lipinski definition) is 3. The Bertz CT molecular complexity index is 459. The second-order valence-corrected chi connectivity index (χ2v) is 5.55. The van der Waals surface area contributed by atoms with Crippen LogP contribution in [-0.2, 0) is 16.0 Å². The molecule has 4 heteroatoms. The monoisotopic (exact) mass is 274 g/mol. The van der Waals surface area contributed by atoms with Gasteiger partial charge < -0.3 is 0 Å². The molecule has 4 nitrogen and oxygen atoms in total. The van der Waals surface area contributed by atoms with Gasteiger partial charge in [-0.15, -0.1) is 0 Å². The van der Waals surface area contributed by atoms with Crippen molar-refractivity contribution >= 4 is 12.2 Å². The zero-order valence-electron chi connectivity index (χ0n) is 12.2. The number of likely N-dealkylation sites (tertiary alicyclic amines) is 1. The van der Waals surface area contributed by atoms with Gasteiger partial charge in [0.25, 0.3) is 0 Å². The van der Waals surface area contributed by atoms with Crippen LogP contribution in [0.1, 0.15) is 18.4 Å². The third kappa shape index (κ3) is 3.32. The lowest BCUT2D eigenvalue weighted by molar-refractivity contribution is -0.132. The average Bonchev–Trinajstić information content (AvgIpc) is 2.93. The lowest BCUT2D eigenvalue weighted by atomic mass is 10.0. The molecule has 0 saturated carbocycles. The molecule has 2 atom stereocenters. The third-order valence-electron chi connectivity index (χ3n) is 3.92. The van der Waals surface area contributed by atoms with E-state index in [1.807, 2.05) is 49.3 Å². The molecule has 107 valence electrons. The van der Waals surface area contributed by atoms with E-state index in [2.05, 4.69) is 0 Å². The van der Waals surface area contributed by atoms with Crippen molar-refractivity contribution in [2.75, 3.05) is 20.6 Å². The highest BCUT2D eigenvalue weighted by atomic mass is 16.2. The Labute approximate surface area is 120 Å². The molecule has 1 aliphatic rings. The maximum atomic E-state index is 12.7. The molecule has 0 spiro atoms. The minimum absolute atomic E-state index is 0.0634. The van der Waals surface area contributed by atoms with E-state index in [-0.39, 0.29) is 18.0 Å². The first-order valence-corrected chi connectivity index (χ1v) is 7.09. The number of likely N-dealkylation sites (N-methyl/N-ethyl adjacent to an activating group) is 1. The van der Waals surface area contributed by atoms with Gasteiger partial charge in [-0.05, 0) is 19.7 Å². The zero-order chi connectivity index (χ0) is 14.5. The van der Waals surface area contributed by atoms with Crippen LogP contribution >= 0.6 is 0 Å². The Morgan fingerprint density at radius 1 is 1.40 bits per heavy atom. The maximum absolute atomic E-state index is 12.7. The van der Waals surface area contributed by atoms with Crippen molar-refractivity contribution in [3.63, 3.8) is 0 Å². The van der Waals surface area contributed by atoms with Crippen LogP contribution in [0.3, 0.4) is 0 Å². The predicted octanol–water partition coefficient (Wildman–Crippen LogP) is 1.19. The van der Waals surface area contributed by atoms with Crippen LogP contribution < -0.4 is 4.90 Å². The molecule has 1 fully saturated rings. The number of nitrogens with zero attached hydrogens (tertiary/aromatic N) is 2. The van der Waals surface area contributed by atoms with Gasteiger partial charge in [-0.2, -0.15) is 0 Å². The number of aldehydes is 1. The molecule has 1 aromatic carbocycles. The fourth-order valence-corrected chi connectivity index (χ4v) is 2.73. The molecule has 0 N–H and O–H groups in total. The first-order chi connectivity index (χ1) is 9.63. The minimum Gasteiger partial charge on any atom is -0.296 e. The SMILES string of the molecule is CN(C)[C@H](Cc1ccccc1)C(=O)[N+]1CCC[C@H]1C=O. The summed E-state index contributed by atoms with van der Waals surface area (Å²) < 4.78 is 0. The first-order valence-electron chi connectivity index (χ1n) is 7.09. The summed E-state index contributed by atoms with van der Waals surface area (Å²) in [6, 6.07) is 9.56. The second kappa shape index (κ2) is 6.77. The molecule has 0 bridgehead atoms. The van der Waals surface area contributed by atoms with E-state index in [1.165, 1.54) is 0 Å². The molecule has 0 aliphatic carbocycles. The van der Waals surface area contributed by atoms with Gasteiger partial charge in [0, 0.05) is 19.3 Å². The maximum Gasteiger partial charge on any atom is 0.379 e. The number of carbonyl (C=O) groups is 2. The Kier molecular flexibility index (Phi) is 5.04. The molecular formula is C16H22N2O2+. The molecule has 1 saturated heterocycles. The molecule has 20 heavy (non-hydrogen) atoms. The van der Waals surface area contributed by atoms with Crippen molar-refractivity contribution in [1.29, 1.82) is 0 Å². The summed E-state index contributed by atoms with van der Waals surface area (Å²) in [5, 5.41) is 0. The molecule has 0 unspecified atom stereocenters. The van der Waals surface area contributed by atoms with Crippen LogP contribution in [0.2, 0.25) is 0 Å². The minimum atomic E-state index is -0.235. The predicted molar refractivity (Wildman–Crippen MR) is 78.7 cm³/mol. The number of rotatable bonds is 5. The Morgan fingerprint density at radius 2 is 2.10 bits per heavy atom. The number of carbonyl (C=O) groups excluding carboxylic acids is 2. The van der Waals surface area contributed by atoms with E-state index < -0.39 is 0 Å². The van der Waals surface area contributed by atoms with Crippen molar-refractivity contribution in [3.05, 3.63) is 35.9 Å². The number of amides is 1. The number of benzene rings is 1. The van der Waals surface area contributed by atoms with Gasteiger partial charge in [0.1, 0.15) is 12.6 Å². The van der Waals surface area contributed by atoms with Crippen molar-refractivity contribution in [1.82, 2.24) is 9.80 Å². The average molecular weight is 274 g/mol. The van der Waals surface area contributed by atoms with Gasteiger partial charge in [-0.25, -0.2) is 4.79 Å². The van der Waals surface area contributed by atoms with E-state index >= 15 is 0 Å². The van der Waals surface area contributed by atoms with Crippen LogP contribution in [0.4, 0.5) is 0 Å². The molecule has 1 heterocycles. The van der Waals surface area contributed by atoms with Crippen LogP contribution in [-0.4, -0.2) is 49.8 Å². The van der Waals surface area contributed by atoms with Crippen LogP contribution in [0.15, 0.2) is 30.3 Å². The van der Waals surface area contributed by atoms with Crippen molar-refractivity contribution < 1.29 is 9.59 Å². The van der Waals surface area contributed by atoms with E-state index in [9.17, 15) is 9.59 Å². The third-order valence-corrected chi connectivity index (χ3v) is 3.92. The van der Waals surface area contributed by atoms with Crippen LogP contribution in [0, 0.1) is 0 Å². The molecule has 2 rings (SSSR count). The van der Waals surface area contributed by atoms with Gasteiger partial charge >= 0.3 is 5.91 Å².